The van der Waals surface area contributed by atoms with Gasteiger partial charge in [0.05, 0.1) is 19.1 Å². The predicted molar refractivity (Wildman–Crippen MR) is 65.1 cm³/mol. The van der Waals surface area contributed by atoms with Gasteiger partial charge < -0.3 is 14.6 Å². The molecular formula is C14H16O4. The van der Waals surface area contributed by atoms with E-state index in [1.807, 2.05) is 18.2 Å². The second kappa shape index (κ2) is 4.52. The van der Waals surface area contributed by atoms with Gasteiger partial charge in [-0.2, -0.15) is 0 Å². The molecule has 1 N–H and O–H groups in total. The van der Waals surface area contributed by atoms with Gasteiger partial charge in [0, 0.05) is 6.42 Å². The van der Waals surface area contributed by atoms with Crippen LogP contribution in [0.2, 0.25) is 0 Å². The fraction of sp³-hybridized carbons (Fsp3) is 0.500. The first-order valence-corrected chi connectivity index (χ1v) is 6.38. The van der Waals surface area contributed by atoms with Crippen molar-refractivity contribution in [1.29, 1.82) is 0 Å². The van der Waals surface area contributed by atoms with Crippen LogP contribution in [0.1, 0.15) is 30.7 Å². The monoisotopic (exact) mass is 248 g/mol. The molecule has 1 heterocycles. The lowest BCUT2D eigenvalue weighted by atomic mass is 9.94. The van der Waals surface area contributed by atoms with E-state index < -0.39 is 11.9 Å². The van der Waals surface area contributed by atoms with E-state index in [-0.39, 0.29) is 5.92 Å². The van der Waals surface area contributed by atoms with E-state index in [0.717, 1.165) is 30.6 Å². The number of hydrogen-bond acceptors (Lipinski definition) is 3. The Bertz CT molecular complexity index is 465. The number of ether oxygens (including phenoxy) is 2. The maximum absolute atomic E-state index is 11.3. The third-order valence-corrected chi connectivity index (χ3v) is 3.49. The molecule has 18 heavy (non-hydrogen) atoms. The maximum Gasteiger partial charge on any atom is 0.311 e. The Hall–Kier alpha value is -1.71. The molecule has 1 fully saturated rings. The van der Waals surface area contributed by atoms with Crippen molar-refractivity contribution < 1.29 is 19.4 Å². The summed E-state index contributed by atoms with van der Waals surface area (Å²) in [7, 11) is 0. The van der Waals surface area contributed by atoms with Crippen molar-refractivity contribution in [2.45, 2.75) is 25.2 Å². The highest BCUT2D eigenvalue weighted by Crippen LogP contribution is 2.44. The fourth-order valence-corrected chi connectivity index (χ4v) is 2.42. The molecule has 0 spiro atoms. The smallest absolute Gasteiger partial charge is 0.311 e. The number of carbonyl (C=O) groups is 1. The van der Waals surface area contributed by atoms with Crippen LogP contribution in [-0.2, 0) is 4.79 Å². The molecule has 0 saturated heterocycles. The summed E-state index contributed by atoms with van der Waals surface area (Å²) in [6, 6.07) is 5.51. The van der Waals surface area contributed by atoms with Gasteiger partial charge in [0.15, 0.2) is 11.5 Å². The van der Waals surface area contributed by atoms with Crippen LogP contribution in [0.25, 0.3) is 0 Å². The van der Waals surface area contributed by atoms with Crippen LogP contribution >= 0.6 is 0 Å². The zero-order chi connectivity index (χ0) is 12.5. The van der Waals surface area contributed by atoms with E-state index in [1.165, 1.54) is 0 Å². The summed E-state index contributed by atoms with van der Waals surface area (Å²) in [5.41, 5.74) is 0.828. The van der Waals surface area contributed by atoms with Gasteiger partial charge in [0.1, 0.15) is 0 Å². The van der Waals surface area contributed by atoms with E-state index in [2.05, 4.69) is 0 Å². The van der Waals surface area contributed by atoms with Crippen LogP contribution in [0.15, 0.2) is 18.2 Å². The lowest BCUT2D eigenvalue weighted by Crippen LogP contribution is -2.13. The number of aliphatic carboxylic acids is 1. The topological polar surface area (TPSA) is 55.8 Å². The van der Waals surface area contributed by atoms with Gasteiger partial charge in [-0.25, -0.2) is 0 Å². The summed E-state index contributed by atoms with van der Waals surface area (Å²) in [6.45, 7) is 1.27. The van der Waals surface area contributed by atoms with Crippen molar-refractivity contribution in [2.75, 3.05) is 13.2 Å². The highest BCUT2D eigenvalue weighted by Gasteiger charge is 2.37. The molecule has 1 aliphatic carbocycles. The van der Waals surface area contributed by atoms with Crippen LogP contribution in [0, 0.1) is 5.92 Å². The zero-order valence-electron chi connectivity index (χ0n) is 10.1. The first-order valence-electron chi connectivity index (χ1n) is 6.38. The van der Waals surface area contributed by atoms with Crippen molar-refractivity contribution >= 4 is 5.97 Å². The molecule has 0 bridgehead atoms. The standard InChI is InChI=1S/C14H16O4/c15-14(16)13(9-2-3-9)10-4-5-11-12(8-10)18-7-1-6-17-11/h4-5,8-9,13H,1-3,6-7H2,(H,15,16). The van der Waals surface area contributed by atoms with Crippen LogP contribution in [0.4, 0.5) is 0 Å². The average Bonchev–Trinajstić information content (AvgIpc) is 3.14. The van der Waals surface area contributed by atoms with E-state index in [0.29, 0.717) is 19.0 Å². The molecule has 2 aliphatic rings. The summed E-state index contributed by atoms with van der Waals surface area (Å²) in [4.78, 5) is 11.3. The van der Waals surface area contributed by atoms with Crippen molar-refractivity contribution in [2.24, 2.45) is 5.92 Å². The van der Waals surface area contributed by atoms with E-state index in [1.54, 1.807) is 0 Å². The Labute approximate surface area is 106 Å². The number of benzene rings is 1. The maximum atomic E-state index is 11.3. The van der Waals surface area contributed by atoms with Crippen molar-refractivity contribution in [1.82, 2.24) is 0 Å². The van der Waals surface area contributed by atoms with E-state index in [4.69, 9.17) is 9.47 Å². The van der Waals surface area contributed by atoms with Gasteiger partial charge >= 0.3 is 5.97 Å². The highest BCUT2D eigenvalue weighted by atomic mass is 16.5. The summed E-state index contributed by atoms with van der Waals surface area (Å²) < 4.78 is 11.1. The van der Waals surface area contributed by atoms with Crippen LogP contribution in [-0.4, -0.2) is 24.3 Å². The van der Waals surface area contributed by atoms with Gasteiger partial charge in [-0.05, 0) is 36.5 Å². The van der Waals surface area contributed by atoms with E-state index >= 15 is 0 Å². The molecule has 0 aromatic heterocycles. The number of hydrogen-bond donors (Lipinski definition) is 1. The van der Waals surface area contributed by atoms with Gasteiger partial charge in [-0.15, -0.1) is 0 Å². The summed E-state index contributed by atoms with van der Waals surface area (Å²) in [5.74, 6) is 0.537. The largest absolute Gasteiger partial charge is 0.490 e. The predicted octanol–water partition coefficient (Wildman–Crippen LogP) is 2.43. The second-order valence-corrected chi connectivity index (χ2v) is 4.91. The van der Waals surface area contributed by atoms with Gasteiger partial charge in [-0.3, -0.25) is 4.79 Å². The number of rotatable bonds is 3. The normalized spacial score (nSPS) is 20.0. The first-order chi connectivity index (χ1) is 8.75. The molecule has 1 aromatic rings. The third kappa shape index (κ3) is 2.15. The lowest BCUT2D eigenvalue weighted by molar-refractivity contribution is -0.139. The van der Waals surface area contributed by atoms with Gasteiger partial charge in [0.2, 0.25) is 0 Å². The Morgan fingerprint density at radius 1 is 1.22 bits per heavy atom. The fourth-order valence-electron chi connectivity index (χ4n) is 2.42. The Morgan fingerprint density at radius 2 is 1.94 bits per heavy atom. The van der Waals surface area contributed by atoms with Crippen molar-refractivity contribution in [3.05, 3.63) is 23.8 Å². The molecule has 4 nitrogen and oxygen atoms in total. The summed E-state index contributed by atoms with van der Waals surface area (Å²) in [6.07, 6.45) is 2.87. The summed E-state index contributed by atoms with van der Waals surface area (Å²) in [5, 5.41) is 9.32. The molecular weight excluding hydrogens is 232 g/mol. The molecule has 4 heteroatoms. The minimum Gasteiger partial charge on any atom is -0.490 e. The number of fused-ring (bicyclic) bond motifs is 1. The SMILES string of the molecule is O=C(O)C(c1ccc2c(c1)OCCCO2)C1CC1. The Kier molecular flexibility index (Phi) is 2.86. The minimum absolute atomic E-state index is 0.284. The number of carboxylic acids is 1. The average molecular weight is 248 g/mol. The molecule has 3 rings (SSSR count). The van der Waals surface area contributed by atoms with Crippen LogP contribution < -0.4 is 9.47 Å². The molecule has 1 unspecified atom stereocenters. The van der Waals surface area contributed by atoms with Gasteiger partial charge in [-0.1, -0.05) is 6.07 Å². The molecule has 1 aliphatic heterocycles. The van der Waals surface area contributed by atoms with Crippen LogP contribution in [0.5, 0.6) is 11.5 Å². The number of carboxylic acid groups (broad SMARTS) is 1. The van der Waals surface area contributed by atoms with Crippen molar-refractivity contribution in [3.63, 3.8) is 0 Å². The quantitative estimate of drug-likeness (QED) is 0.892. The molecule has 0 amide bonds. The Morgan fingerprint density at radius 3 is 2.61 bits per heavy atom. The first kappa shape index (κ1) is 11.4. The zero-order valence-corrected chi connectivity index (χ0v) is 10.1. The lowest BCUT2D eigenvalue weighted by Gasteiger charge is -2.14. The molecule has 1 aromatic carbocycles. The molecule has 1 atom stereocenters. The second-order valence-electron chi connectivity index (χ2n) is 4.91. The molecule has 0 radical (unpaired) electrons. The van der Waals surface area contributed by atoms with Crippen LogP contribution in [0.3, 0.4) is 0 Å². The Balaban J connectivity index is 1.92. The third-order valence-electron chi connectivity index (χ3n) is 3.49. The summed E-state index contributed by atoms with van der Waals surface area (Å²) >= 11 is 0. The highest BCUT2D eigenvalue weighted by molar-refractivity contribution is 5.77. The van der Waals surface area contributed by atoms with E-state index in [9.17, 15) is 9.90 Å². The van der Waals surface area contributed by atoms with Gasteiger partial charge in [0.25, 0.3) is 0 Å². The minimum atomic E-state index is -0.744. The molecule has 1 saturated carbocycles. The van der Waals surface area contributed by atoms with Crippen molar-refractivity contribution in [3.8, 4) is 11.5 Å². The molecule has 96 valence electrons.